The van der Waals surface area contributed by atoms with E-state index in [1.807, 2.05) is 0 Å². The van der Waals surface area contributed by atoms with Gasteiger partial charge in [0, 0.05) is 12.1 Å². The van der Waals surface area contributed by atoms with Crippen LogP contribution >= 0.6 is 0 Å². The van der Waals surface area contributed by atoms with Crippen molar-refractivity contribution >= 4 is 0 Å². The van der Waals surface area contributed by atoms with E-state index < -0.39 is 0 Å². The summed E-state index contributed by atoms with van der Waals surface area (Å²) >= 11 is 0. The van der Waals surface area contributed by atoms with Crippen molar-refractivity contribution in [2.24, 2.45) is 0 Å². The second-order valence-corrected chi connectivity index (χ2v) is 7.95. The molecular formula is C24H31NO. The van der Waals surface area contributed by atoms with Crippen molar-refractivity contribution in [1.82, 2.24) is 4.90 Å². The normalized spacial score (nSPS) is 27.2. The van der Waals surface area contributed by atoms with Crippen LogP contribution in [-0.2, 0) is 4.74 Å². The zero-order valence-corrected chi connectivity index (χ0v) is 16.1. The van der Waals surface area contributed by atoms with Gasteiger partial charge in [-0.3, -0.25) is 4.90 Å². The van der Waals surface area contributed by atoms with Crippen molar-refractivity contribution in [2.75, 3.05) is 6.54 Å². The highest BCUT2D eigenvalue weighted by atomic mass is 16.5. The van der Waals surface area contributed by atoms with Crippen molar-refractivity contribution in [2.45, 2.75) is 70.2 Å². The summed E-state index contributed by atoms with van der Waals surface area (Å²) < 4.78 is 6.85. The Morgan fingerprint density at radius 3 is 2.27 bits per heavy atom. The predicted octanol–water partition coefficient (Wildman–Crippen LogP) is 5.51. The largest absolute Gasteiger partial charge is 0.365 e. The Kier molecular flexibility index (Phi) is 5.42. The van der Waals surface area contributed by atoms with E-state index in [1.54, 1.807) is 0 Å². The number of rotatable bonds is 5. The maximum absolute atomic E-state index is 6.85. The lowest BCUT2D eigenvalue weighted by Gasteiger charge is -2.49. The zero-order chi connectivity index (χ0) is 17.9. The number of ether oxygens (including phenoxy) is 1. The van der Waals surface area contributed by atoms with Crippen LogP contribution in [0.5, 0.6) is 0 Å². The molecule has 2 aromatic carbocycles. The molecular weight excluding hydrogens is 318 g/mol. The average Bonchev–Trinajstić information content (AvgIpc) is 2.67. The van der Waals surface area contributed by atoms with Gasteiger partial charge in [0.05, 0.1) is 6.10 Å². The van der Waals surface area contributed by atoms with Gasteiger partial charge >= 0.3 is 0 Å². The van der Waals surface area contributed by atoms with Crippen molar-refractivity contribution in [1.29, 1.82) is 0 Å². The van der Waals surface area contributed by atoms with Crippen molar-refractivity contribution in [3.8, 4) is 0 Å². The zero-order valence-electron chi connectivity index (χ0n) is 16.1. The van der Waals surface area contributed by atoms with Crippen LogP contribution in [0.3, 0.4) is 0 Å². The van der Waals surface area contributed by atoms with Crippen molar-refractivity contribution in [3.05, 3.63) is 71.3 Å². The van der Waals surface area contributed by atoms with Gasteiger partial charge in [0.25, 0.3) is 0 Å². The quantitative estimate of drug-likeness (QED) is 0.706. The maximum Gasteiger partial charge on any atom is 0.108 e. The van der Waals surface area contributed by atoms with Gasteiger partial charge < -0.3 is 4.74 Å². The summed E-state index contributed by atoms with van der Waals surface area (Å²) in [6.45, 7) is 5.69. The molecule has 0 spiro atoms. The monoisotopic (exact) mass is 349 g/mol. The second-order valence-electron chi connectivity index (χ2n) is 7.95. The molecule has 0 aliphatic carbocycles. The average molecular weight is 350 g/mol. The van der Waals surface area contributed by atoms with E-state index in [4.69, 9.17) is 4.74 Å². The van der Waals surface area contributed by atoms with Crippen LogP contribution in [0.2, 0.25) is 0 Å². The Bertz CT molecular complexity index is 699. The highest BCUT2D eigenvalue weighted by Crippen LogP contribution is 2.38. The number of aryl methyl sites for hydroxylation is 1. The molecule has 0 N–H and O–H groups in total. The molecule has 2 aliphatic heterocycles. The third-order valence-corrected chi connectivity index (χ3v) is 6.35. The van der Waals surface area contributed by atoms with Crippen molar-refractivity contribution < 1.29 is 4.74 Å². The van der Waals surface area contributed by atoms with Crippen LogP contribution in [0, 0.1) is 6.92 Å². The Balaban J connectivity index is 1.59. The maximum atomic E-state index is 6.85. The van der Waals surface area contributed by atoms with E-state index in [1.165, 1.54) is 55.3 Å². The van der Waals surface area contributed by atoms with Gasteiger partial charge in [0.1, 0.15) is 6.10 Å². The van der Waals surface area contributed by atoms with Crippen LogP contribution in [0.25, 0.3) is 0 Å². The molecule has 2 aliphatic rings. The number of nitrogens with zero attached hydrogens (tertiary/aromatic N) is 1. The van der Waals surface area contributed by atoms with Gasteiger partial charge in [0.15, 0.2) is 0 Å². The summed E-state index contributed by atoms with van der Waals surface area (Å²) in [7, 11) is 0. The molecule has 0 aromatic heterocycles. The van der Waals surface area contributed by atoms with Crippen molar-refractivity contribution in [3.63, 3.8) is 0 Å². The molecule has 138 valence electrons. The number of piperidine rings is 2. The van der Waals surface area contributed by atoms with Gasteiger partial charge in [-0.1, -0.05) is 67.9 Å². The highest BCUT2D eigenvalue weighted by Gasteiger charge is 2.38. The Morgan fingerprint density at radius 2 is 1.62 bits per heavy atom. The van der Waals surface area contributed by atoms with Crippen LogP contribution in [-0.4, -0.2) is 29.6 Å². The summed E-state index contributed by atoms with van der Waals surface area (Å²) in [6, 6.07) is 20.9. The van der Waals surface area contributed by atoms with E-state index in [0.717, 1.165) is 0 Å². The fourth-order valence-electron chi connectivity index (χ4n) is 5.09. The topological polar surface area (TPSA) is 12.5 Å². The predicted molar refractivity (Wildman–Crippen MR) is 107 cm³/mol. The van der Waals surface area contributed by atoms with Gasteiger partial charge in [-0.15, -0.1) is 0 Å². The molecule has 2 heterocycles. The molecule has 0 radical (unpaired) electrons. The van der Waals surface area contributed by atoms with Crippen LogP contribution in [0.15, 0.2) is 54.6 Å². The minimum Gasteiger partial charge on any atom is -0.365 e. The van der Waals surface area contributed by atoms with Crippen LogP contribution < -0.4 is 0 Å². The van der Waals surface area contributed by atoms with Gasteiger partial charge in [-0.2, -0.15) is 0 Å². The fourth-order valence-corrected chi connectivity index (χ4v) is 5.09. The lowest BCUT2D eigenvalue weighted by atomic mass is 9.82. The Hall–Kier alpha value is -1.64. The molecule has 3 atom stereocenters. The Labute approximate surface area is 158 Å². The summed E-state index contributed by atoms with van der Waals surface area (Å²) in [6.07, 6.45) is 6.82. The first-order chi connectivity index (χ1) is 12.8. The van der Waals surface area contributed by atoms with Gasteiger partial charge in [0.2, 0.25) is 0 Å². The number of fused-ring (bicyclic) bond motifs is 2. The molecule has 2 bridgehead atoms. The van der Waals surface area contributed by atoms with Crippen LogP contribution in [0.4, 0.5) is 0 Å². The molecule has 26 heavy (non-hydrogen) atoms. The molecule has 0 saturated carbocycles. The molecule has 2 aromatic rings. The standard InChI is InChI=1S/C24H31NO/c1-3-25-20-13-9-14-21(25)17-22(16-20)26-24(19-11-5-4-6-12-19)23-15-8-7-10-18(23)2/h4-8,10-12,15,20-22,24H,3,9,13-14,16-17H2,1-2H3. The van der Waals surface area contributed by atoms with Gasteiger partial charge in [-0.05, 0) is 55.8 Å². The van der Waals surface area contributed by atoms with Crippen LogP contribution in [0.1, 0.15) is 61.8 Å². The smallest absolute Gasteiger partial charge is 0.108 e. The minimum absolute atomic E-state index is 0.0382. The number of hydrogen-bond donors (Lipinski definition) is 0. The lowest BCUT2D eigenvalue weighted by molar-refractivity contribution is -0.0785. The third kappa shape index (κ3) is 3.58. The summed E-state index contributed by atoms with van der Waals surface area (Å²) in [5.74, 6) is 0. The molecule has 2 saturated heterocycles. The molecule has 2 nitrogen and oxygen atoms in total. The van der Waals surface area contributed by atoms with E-state index >= 15 is 0 Å². The van der Waals surface area contributed by atoms with Gasteiger partial charge in [-0.25, -0.2) is 0 Å². The fraction of sp³-hybridized carbons (Fsp3) is 0.500. The molecule has 2 heteroatoms. The van der Waals surface area contributed by atoms with E-state index in [0.29, 0.717) is 18.2 Å². The van der Waals surface area contributed by atoms with E-state index in [-0.39, 0.29) is 6.10 Å². The molecule has 3 unspecified atom stereocenters. The highest BCUT2D eigenvalue weighted by molar-refractivity contribution is 5.35. The second kappa shape index (κ2) is 7.94. The summed E-state index contributed by atoms with van der Waals surface area (Å²) in [5.41, 5.74) is 3.89. The Morgan fingerprint density at radius 1 is 0.962 bits per heavy atom. The minimum atomic E-state index is 0.0382. The molecule has 0 amide bonds. The SMILES string of the molecule is CCN1C2CCCC1CC(OC(c1ccccc1)c1ccccc1C)C2. The molecule has 4 rings (SSSR count). The molecule has 2 fully saturated rings. The summed E-state index contributed by atoms with van der Waals surface area (Å²) in [5, 5.41) is 0. The number of hydrogen-bond acceptors (Lipinski definition) is 2. The summed E-state index contributed by atoms with van der Waals surface area (Å²) in [4.78, 5) is 2.73. The van der Waals surface area contributed by atoms with E-state index in [9.17, 15) is 0 Å². The number of benzene rings is 2. The first-order valence-electron chi connectivity index (χ1n) is 10.3. The first kappa shape index (κ1) is 17.8. The van der Waals surface area contributed by atoms with E-state index in [2.05, 4.69) is 73.3 Å². The lowest BCUT2D eigenvalue weighted by Crippen LogP contribution is -2.53. The first-order valence-corrected chi connectivity index (χ1v) is 10.3. The third-order valence-electron chi connectivity index (χ3n) is 6.35.